The molecule has 2 rings (SSSR count). The maximum absolute atomic E-state index is 12.5. The third-order valence-corrected chi connectivity index (χ3v) is 4.66. The molecule has 1 saturated heterocycles. The van der Waals surface area contributed by atoms with E-state index in [0.29, 0.717) is 5.92 Å². The fourth-order valence-electron chi connectivity index (χ4n) is 3.73. The Morgan fingerprint density at radius 1 is 1.14 bits per heavy atom. The van der Waals surface area contributed by atoms with Crippen molar-refractivity contribution in [1.82, 2.24) is 10.4 Å². The van der Waals surface area contributed by atoms with Gasteiger partial charge in [0.1, 0.15) is 5.60 Å². The highest BCUT2D eigenvalue weighted by Crippen LogP contribution is 2.34. The fourth-order valence-corrected chi connectivity index (χ4v) is 3.73. The summed E-state index contributed by atoms with van der Waals surface area (Å²) in [5.41, 5.74) is 2.02. The van der Waals surface area contributed by atoms with E-state index in [1.807, 2.05) is 25.7 Å². The summed E-state index contributed by atoms with van der Waals surface area (Å²) in [6, 6.07) is 0.297. The second-order valence-electron chi connectivity index (χ2n) is 7.42. The molecule has 2 aliphatic rings. The van der Waals surface area contributed by atoms with Gasteiger partial charge in [0.15, 0.2) is 0 Å². The normalized spacial score (nSPS) is 31.0. The number of ether oxygens (including phenoxy) is 1. The zero-order chi connectivity index (χ0) is 15.5. The predicted octanol–water partition coefficient (Wildman–Crippen LogP) is 3.31. The summed E-state index contributed by atoms with van der Waals surface area (Å²) in [7, 11) is 0. The van der Waals surface area contributed by atoms with Crippen LogP contribution in [0.5, 0.6) is 0 Å². The largest absolute Gasteiger partial charge is 0.444 e. The lowest BCUT2D eigenvalue weighted by Gasteiger charge is -2.44. The number of rotatable bonds is 2. The first-order valence-corrected chi connectivity index (χ1v) is 8.31. The van der Waals surface area contributed by atoms with E-state index in [1.165, 1.54) is 6.42 Å². The smallest absolute Gasteiger partial charge is 0.410 e. The summed E-state index contributed by atoms with van der Waals surface area (Å²) in [5.74, 6) is 0.330. The van der Waals surface area contributed by atoms with Crippen molar-refractivity contribution < 1.29 is 14.7 Å². The Morgan fingerprint density at radius 3 is 2.48 bits per heavy atom. The van der Waals surface area contributed by atoms with Crippen LogP contribution in [0.15, 0.2) is 0 Å². The van der Waals surface area contributed by atoms with Gasteiger partial charge in [0.25, 0.3) is 0 Å². The molecule has 1 saturated carbocycles. The van der Waals surface area contributed by atoms with Crippen LogP contribution in [0.4, 0.5) is 4.79 Å². The Balaban J connectivity index is 2.09. The molecule has 1 aliphatic heterocycles. The number of likely N-dealkylation sites (tertiary alicyclic amines) is 1. The zero-order valence-corrected chi connectivity index (χ0v) is 13.6. The minimum absolute atomic E-state index is 0.104. The Bertz CT molecular complexity index is 354. The van der Waals surface area contributed by atoms with E-state index >= 15 is 0 Å². The van der Waals surface area contributed by atoms with Gasteiger partial charge >= 0.3 is 6.09 Å². The van der Waals surface area contributed by atoms with Crippen LogP contribution in [0.25, 0.3) is 0 Å². The summed E-state index contributed by atoms with van der Waals surface area (Å²) >= 11 is 0. The van der Waals surface area contributed by atoms with Crippen molar-refractivity contribution in [2.24, 2.45) is 5.92 Å². The van der Waals surface area contributed by atoms with Crippen molar-refractivity contribution in [2.45, 2.75) is 83.4 Å². The molecule has 0 aromatic heterocycles. The maximum Gasteiger partial charge on any atom is 0.410 e. The molecule has 2 N–H and O–H groups in total. The van der Waals surface area contributed by atoms with Crippen molar-refractivity contribution in [3.8, 4) is 0 Å². The summed E-state index contributed by atoms with van der Waals surface area (Å²) < 4.78 is 5.57. The van der Waals surface area contributed by atoms with Crippen LogP contribution in [-0.4, -0.2) is 40.4 Å². The first kappa shape index (κ1) is 16.6. The number of nitrogens with one attached hydrogen (secondary N) is 1. The number of hydroxylamine groups is 1. The SMILES string of the molecule is CC(C)(C)OC(=O)N1CCCCC1C1CCCCC1NO. The van der Waals surface area contributed by atoms with Crippen LogP contribution < -0.4 is 5.48 Å². The molecule has 0 bridgehead atoms. The second kappa shape index (κ2) is 6.97. The molecule has 3 unspecified atom stereocenters. The number of hydrogen-bond acceptors (Lipinski definition) is 4. The van der Waals surface area contributed by atoms with Gasteiger partial charge in [-0.1, -0.05) is 12.8 Å². The number of nitrogens with zero attached hydrogens (tertiary/aromatic N) is 1. The molecule has 0 aromatic carbocycles. The van der Waals surface area contributed by atoms with Crippen molar-refractivity contribution in [3.63, 3.8) is 0 Å². The van der Waals surface area contributed by atoms with E-state index in [0.717, 1.165) is 45.1 Å². The van der Waals surface area contributed by atoms with Gasteiger partial charge in [0.2, 0.25) is 0 Å². The van der Waals surface area contributed by atoms with Crippen molar-refractivity contribution >= 4 is 6.09 Å². The summed E-state index contributed by atoms with van der Waals surface area (Å²) in [6.45, 7) is 6.49. The molecule has 5 heteroatoms. The van der Waals surface area contributed by atoms with E-state index in [9.17, 15) is 10.0 Å². The van der Waals surface area contributed by atoms with E-state index in [1.54, 1.807) is 0 Å². The van der Waals surface area contributed by atoms with Crippen LogP contribution in [0.1, 0.15) is 65.7 Å². The lowest BCUT2D eigenvalue weighted by atomic mass is 9.77. The van der Waals surface area contributed by atoms with Gasteiger partial charge in [-0.15, -0.1) is 0 Å². The number of amides is 1. The topological polar surface area (TPSA) is 61.8 Å². The molecule has 2 fully saturated rings. The summed E-state index contributed by atoms with van der Waals surface area (Å²) in [6.07, 6.45) is 7.40. The molecule has 1 amide bonds. The van der Waals surface area contributed by atoms with Gasteiger partial charge in [-0.05, 0) is 58.8 Å². The van der Waals surface area contributed by atoms with Gasteiger partial charge in [-0.2, -0.15) is 0 Å². The third kappa shape index (κ3) is 4.33. The van der Waals surface area contributed by atoms with Gasteiger partial charge in [0.05, 0.1) is 0 Å². The van der Waals surface area contributed by atoms with Gasteiger partial charge < -0.3 is 14.8 Å². The first-order valence-electron chi connectivity index (χ1n) is 8.31. The minimum atomic E-state index is -0.458. The molecule has 21 heavy (non-hydrogen) atoms. The van der Waals surface area contributed by atoms with Crippen LogP contribution >= 0.6 is 0 Å². The predicted molar refractivity (Wildman–Crippen MR) is 81.2 cm³/mol. The van der Waals surface area contributed by atoms with Gasteiger partial charge in [0, 0.05) is 18.6 Å². The summed E-state index contributed by atoms with van der Waals surface area (Å²) in [4.78, 5) is 14.4. The van der Waals surface area contributed by atoms with E-state index < -0.39 is 5.60 Å². The standard InChI is InChI=1S/C16H30N2O3/c1-16(2,3)21-15(19)18-11-7-6-10-14(18)12-8-4-5-9-13(12)17-20/h12-14,17,20H,4-11H2,1-3H3. The van der Waals surface area contributed by atoms with Crippen LogP contribution in [0.2, 0.25) is 0 Å². The molecule has 0 spiro atoms. The molecule has 1 aliphatic carbocycles. The van der Waals surface area contributed by atoms with Crippen LogP contribution in [-0.2, 0) is 4.74 Å². The molecule has 0 aromatic rings. The van der Waals surface area contributed by atoms with E-state index in [-0.39, 0.29) is 18.2 Å². The first-order chi connectivity index (χ1) is 9.92. The number of hydrogen-bond donors (Lipinski definition) is 2. The molecule has 5 nitrogen and oxygen atoms in total. The minimum Gasteiger partial charge on any atom is -0.444 e. The monoisotopic (exact) mass is 298 g/mol. The zero-order valence-electron chi connectivity index (χ0n) is 13.6. The second-order valence-corrected chi connectivity index (χ2v) is 7.42. The van der Waals surface area contributed by atoms with Gasteiger partial charge in [-0.25, -0.2) is 10.3 Å². The lowest BCUT2D eigenvalue weighted by molar-refractivity contribution is -0.0165. The Morgan fingerprint density at radius 2 is 1.81 bits per heavy atom. The molecule has 0 radical (unpaired) electrons. The lowest BCUT2D eigenvalue weighted by Crippen LogP contribution is -2.54. The Hall–Kier alpha value is -0.810. The average molecular weight is 298 g/mol. The van der Waals surface area contributed by atoms with Crippen LogP contribution in [0.3, 0.4) is 0 Å². The quantitative estimate of drug-likeness (QED) is 0.768. The number of carbonyl (C=O) groups is 1. The highest BCUT2D eigenvalue weighted by Gasteiger charge is 2.39. The average Bonchev–Trinajstić information content (AvgIpc) is 2.45. The maximum atomic E-state index is 12.5. The van der Waals surface area contributed by atoms with Crippen LogP contribution in [0, 0.1) is 5.92 Å². The summed E-state index contributed by atoms with van der Waals surface area (Å²) in [5, 5.41) is 9.42. The molecular weight excluding hydrogens is 268 g/mol. The van der Waals surface area contributed by atoms with Crippen molar-refractivity contribution in [2.75, 3.05) is 6.54 Å². The molecule has 122 valence electrons. The number of piperidine rings is 1. The van der Waals surface area contributed by atoms with Gasteiger partial charge in [-0.3, -0.25) is 0 Å². The third-order valence-electron chi connectivity index (χ3n) is 4.66. The highest BCUT2D eigenvalue weighted by molar-refractivity contribution is 5.68. The van der Waals surface area contributed by atoms with Crippen molar-refractivity contribution in [3.05, 3.63) is 0 Å². The Labute approximate surface area is 128 Å². The molecular formula is C16H30N2O3. The number of carbonyl (C=O) groups excluding carboxylic acids is 1. The molecule has 1 heterocycles. The van der Waals surface area contributed by atoms with E-state index in [4.69, 9.17) is 4.74 Å². The van der Waals surface area contributed by atoms with Crippen molar-refractivity contribution in [1.29, 1.82) is 0 Å². The fraction of sp³-hybridized carbons (Fsp3) is 0.938. The Kier molecular flexibility index (Phi) is 5.49. The highest BCUT2D eigenvalue weighted by atomic mass is 16.6. The molecule has 3 atom stereocenters. The van der Waals surface area contributed by atoms with E-state index in [2.05, 4.69) is 5.48 Å².